The first kappa shape index (κ1) is 16.3. The van der Waals surface area contributed by atoms with E-state index < -0.39 is 5.97 Å². The number of nitrogens with zero attached hydrogens (tertiary/aromatic N) is 2. The molecule has 0 radical (unpaired) electrons. The molecule has 2 rings (SSSR count). The molecule has 0 atom stereocenters. The van der Waals surface area contributed by atoms with Crippen LogP contribution in [0.1, 0.15) is 27.2 Å². The molecule has 7 heteroatoms. The van der Waals surface area contributed by atoms with Crippen LogP contribution in [0.2, 0.25) is 0 Å². The van der Waals surface area contributed by atoms with Crippen molar-refractivity contribution >= 4 is 44.7 Å². The highest BCUT2D eigenvalue weighted by Gasteiger charge is 2.25. The molecule has 0 fully saturated rings. The number of benzene rings is 1. The van der Waals surface area contributed by atoms with Gasteiger partial charge in [-0.05, 0) is 42.3 Å². The number of imidazole rings is 1. The molecular weight excluding hydrogens is 359 g/mol. The lowest BCUT2D eigenvalue weighted by molar-refractivity contribution is -0.133. The molecule has 0 saturated heterocycles. The highest BCUT2D eigenvalue weighted by Crippen LogP contribution is 2.34. The van der Waals surface area contributed by atoms with Gasteiger partial charge in [-0.15, -0.1) is 0 Å². The zero-order valence-corrected chi connectivity index (χ0v) is 14.4. The van der Waals surface area contributed by atoms with Crippen molar-refractivity contribution in [3.63, 3.8) is 0 Å². The van der Waals surface area contributed by atoms with Crippen molar-refractivity contribution in [3.05, 3.63) is 22.4 Å². The number of fused-ring (bicyclic) bond motifs is 1. The van der Waals surface area contributed by atoms with Crippen LogP contribution in [0.25, 0.3) is 11.0 Å². The van der Waals surface area contributed by atoms with Crippen LogP contribution in [0.15, 0.2) is 21.8 Å². The average Bonchev–Trinajstić information content (AvgIpc) is 2.75. The standard InChI is InChI=1S/C14H16BrFN2O2S/c1-4-14(2,3)18-11-5-8(15)9(16)6-10(11)17-13(18)21-7-12(19)20/h5-6H,4,7H2,1-3H3,(H,19,20). The van der Waals surface area contributed by atoms with Crippen molar-refractivity contribution in [2.24, 2.45) is 0 Å². The number of hydrogen-bond donors (Lipinski definition) is 1. The molecule has 1 aromatic carbocycles. The van der Waals surface area contributed by atoms with Crippen LogP contribution in [0.5, 0.6) is 0 Å². The number of carboxylic acid groups (broad SMARTS) is 1. The van der Waals surface area contributed by atoms with E-state index in [1.54, 1.807) is 6.07 Å². The molecule has 1 heterocycles. The summed E-state index contributed by atoms with van der Waals surface area (Å²) in [6.45, 7) is 6.16. The molecule has 0 saturated carbocycles. The molecule has 0 bridgehead atoms. The van der Waals surface area contributed by atoms with Crippen molar-refractivity contribution in [2.45, 2.75) is 37.9 Å². The number of aliphatic carboxylic acids is 1. The Morgan fingerprint density at radius 2 is 2.19 bits per heavy atom. The van der Waals surface area contributed by atoms with Gasteiger partial charge in [-0.1, -0.05) is 18.7 Å². The average molecular weight is 375 g/mol. The molecule has 0 aliphatic heterocycles. The van der Waals surface area contributed by atoms with Crippen molar-refractivity contribution in [3.8, 4) is 0 Å². The highest BCUT2D eigenvalue weighted by atomic mass is 79.9. The monoisotopic (exact) mass is 374 g/mol. The van der Waals surface area contributed by atoms with Gasteiger partial charge in [-0.25, -0.2) is 9.37 Å². The van der Waals surface area contributed by atoms with E-state index in [4.69, 9.17) is 5.11 Å². The van der Waals surface area contributed by atoms with E-state index in [1.165, 1.54) is 6.07 Å². The molecule has 21 heavy (non-hydrogen) atoms. The van der Waals surface area contributed by atoms with Gasteiger partial charge in [-0.2, -0.15) is 0 Å². The number of thioether (sulfide) groups is 1. The second-order valence-electron chi connectivity index (χ2n) is 5.33. The summed E-state index contributed by atoms with van der Waals surface area (Å²) in [5.41, 5.74) is 1.08. The SMILES string of the molecule is CCC(C)(C)n1c(SCC(=O)O)nc2cc(F)c(Br)cc21. The maximum absolute atomic E-state index is 13.7. The lowest BCUT2D eigenvalue weighted by Crippen LogP contribution is -2.26. The predicted molar refractivity (Wildman–Crippen MR) is 85.4 cm³/mol. The third-order valence-electron chi connectivity index (χ3n) is 3.46. The largest absolute Gasteiger partial charge is 0.481 e. The fourth-order valence-corrected chi connectivity index (χ4v) is 3.24. The number of aromatic nitrogens is 2. The van der Waals surface area contributed by atoms with E-state index in [0.29, 0.717) is 15.1 Å². The van der Waals surface area contributed by atoms with Gasteiger partial charge in [0.05, 0.1) is 21.3 Å². The van der Waals surface area contributed by atoms with Crippen LogP contribution in [0.3, 0.4) is 0 Å². The normalized spacial score (nSPS) is 12.0. The minimum Gasteiger partial charge on any atom is -0.481 e. The summed E-state index contributed by atoms with van der Waals surface area (Å²) in [6, 6.07) is 3.06. The van der Waals surface area contributed by atoms with Crippen LogP contribution in [-0.4, -0.2) is 26.4 Å². The molecule has 0 aliphatic rings. The molecule has 0 aliphatic carbocycles. The summed E-state index contributed by atoms with van der Waals surface area (Å²) in [7, 11) is 0. The van der Waals surface area contributed by atoms with Gasteiger partial charge in [0.25, 0.3) is 0 Å². The molecule has 0 amide bonds. The fraction of sp³-hybridized carbons (Fsp3) is 0.429. The summed E-state index contributed by atoms with van der Waals surface area (Å²) >= 11 is 4.34. The Hall–Kier alpha value is -1.08. The van der Waals surface area contributed by atoms with Gasteiger partial charge >= 0.3 is 5.97 Å². The van der Waals surface area contributed by atoms with Crippen LogP contribution in [-0.2, 0) is 10.3 Å². The Bertz CT molecular complexity index is 700. The fourth-order valence-electron chi connectivity index (χ4n) is 2.02. The maximum atomic E-state index is 13.7. The Morgan fingerprint density at radius 3 is 2.76 bits per heavy atom. The number of carbonyl (C=O) groups is 1. The lowest BCUT2D eigenvalue weighted by atomic mass is 10.0. The molecule has 4 nitrogen and oxygen atoms in total. The number of carboxylic acids is 1. The summed E-state index contributed by atoms with van der Waals surface area (Å²) in [5.74, 6) is -1.36. The van der Waals surface area contributed by atoms with E-state index in [1.807, 2.05) is 4.57 Å². The van der Waals surface area contributed by atoms with E-state index in [-0.39, 0.29) is 17.1 Å². The lowest BCUT2D eigenvalue weighted by Gasteiger charge is -2.27. The summed E-state index contributed by atoms with van der Waals surface area (Å²) in [5, 5.41) is 9.46. The Morgan fingerprint density at radius 1 is 1.52 bits per heavy atom. The first-order chi connectivity index (χ1) is 9.76. The Kier molecular flexibility index (Phi) is 4.63. The van der Waals surface area contributed by atoms with Crippen LogP contribution in [0.4, 0.5) is 4.39 Å². The maximum Gasteiger partial charge on any atom is 0.313 e. The minimum atomic E-state index is -0.903. The van der Waals surface area contributed by atoms with Gasteiger partial charge in [0, 0.05) is 11.6 Å². The number of rotatable bonds is 5. The number of halogens is 2. The van der Waals surface area contributed by atoms with Gasteiger partial charge in [0.15, 0.2) is 5.16 Å². The molecule has 1 aromatic heterocycles. The van der Waals surface area contributed by atoms with Crippen molar-refractivity contribution < 1.29 is 14.3 Å². The second-order valence-corrected chi connectivity index (χ2v) is 7.13. The first-order valence-corrected chi connectivity index (χ1v) is 8.26. The Balaban J connectivity index is 2.66. The van der Waals surface area contributed by atoms with Crippen molar-refractivity contribution in [1.82, 2.24) is 9.55 Å². The third-order valence-corrected chi connectivity index (χ3v) is 4.99. The van der Waals surface area contributed by atoms with Crippen molar-refractivity contribution in [1.29, 1.82) is 0 Å². The highest BCUT2D eigenvalue weighted by molar-refractivity contribution is 9.10. The molecule has 0 spiro atoms. The first-order valence-electron chi connectivity index (χ1n) is 6.49. The summed E-state index contributed by atoms with van der Waals surface area (Å²) in [4.78, 5) is 15.2. The zero-order chi connectivity index (χ0) is 15.8. The molecule has 1 N–H and O–H groups in total. The Labute approximate surface area is 134 Å². The number of hydrogen-bond acceptors (Lipinski definition) is 3. The van der Waals surface area contributed by atoms with Gasteiger partial charge in [-0.3, -0.25) is 4.79 Å². The smallest absolute Gasteiger partial charge is 0.313 e. The van der Waals surface area contributed by atoms with Crippen LogP contribution in [0, 0.1) is 5.82 Å². The minimum absolute atomic E-state index is 0.0766. The summed E-state index contributed by atoms with van der Waals surface area (Å²) in [6.07, 6.45) is 0.841. The van der Waals surface area contributed by atoms with E-state index in [0.717, 1.165) is 23.7 Å². The topological polar surface area (TPSA) is 55.1 Å². The van der Waals surface area contributed by atoms with E-state index >= 15 is 0 Å². The molecule has 114 valence electrons. The van der Waals surface area contributed by atoms with E-state index in [2.05, 4.69) is 41.7 Å². The zero-order valence-electron chi connectivity index (χ0n) is 12.0. The van der Waals surface area contributed by atoms with Gasteiger partial charge in [0.2, 0.25) is 0 Å². The summed E-state index contributed by atoms with van der Waals surface area (Å²) < 4.78 is 16.0. The molecule has 2 aromatic rings. The van der Waals surface area contributed by atoms with E-state index in [9.17, 15) is 9.18 Å². The second kappa shape index (κ2) is 5.96. The molecule has 0 unspecified atom stereocenters. The van der Waals surface area contributed by atoms with Crippen molar-refractivity contribution in [2.75, 3.05) is 5.75 Å². The molecular formula is C14H16BrFN2O2S. The quantitative estimate of drug-likeness (QED) is 0.794. The van der Waals surface area contributed by atoms with Crippen LogP contribution >= 0.6 is 27.7 Å². The van der Waals surface area contributed by atoms with Gasteiger partial charge in [0.1, 0.15) is 5.82 Å². The third kappa shape index (κ3) is 3.23. The predicted octanol–water partition coefficient (Wildman–Crippen LogP) is 4.26. The van der Waals surface area contributed by atoms with Gasteiger partial charge < -0.3 is 9.67 Å². The van der Waals surface area contributed by atoms with Crippen LogP contribution < -0.4 is 0 Å².